The molecule has 0 bridgehead atoms. The number of hydrogen-bond acceptors (Lipinski definition) is 2. The molecule has 0 aliphatic carbocycles. The maximum absolute atomic E-state index is 5.19. The molecule has 80 valence electrons. The average Bonchev–Trinajstić information content (AvgIpc) is 2.83. The first-order valence-corrected chi connectivity index (χ1v) is 5.22. The molecule has 2 heteroatoms. The van der Waals surface area contributed by atoms with Crippen LogP contribution in [0.25, 0.3) is 0 Å². The van der Waals surface area contributed by atoms with Crippen LogP contribution in [0.1, 0.15) is 11.3 Å². The lowest BCUT2D eigenvalue weighted by atomic mass is 10.2. The number of furan rings is 1. The molecule has 1 N–H and O–H groups in total. The second-order valence-corrected chi connectivity index (χ2v) is 3.35. The van der Waals surface area contributed by atoms with Gasteiger partial charge in [0.15, 0.2) is 0 Å². The van der Waals surface area contributed by atoms with Gasteiger partial charge in [-0.05, 0) is 24.3 Å². The molecule has 2 aromatic rings. The first-order chi connectivity index (χ1) is 7.95. The van der Waals surface area contributed by atoms with Crippen LogP contribution in [0.2, 0.25) is 0 Å². The molecule has 1 aromatic heterocycles. The smallest absolute Gasteiger partial charge is 0.117 e. The highest BCUT2D eigenvalue weighted by Gasteiger charge is 1.91. The van der Waals surface area contributed by atoms with E-state index in [-0.39, 0.29) is 0 Å². The summed E-state index contributed by atoms with van der Waals surface area (Å²) in [6, 6.07) is 13.8. The summed E-state index contributed by atoms with van der Waals surface area (Å²) in [5.41, 5.74) is 1.04. The van der Waals surface area contributed by atoms with Gasteiger partial charge in [0.25, 0.3) is 0 Å². The van der Waals surface area contributed by atoms with Crippen molar-refractivity contribution in [2.45, 2.75) is 6.54 Å². The monoisotopic (exact) mass is 211 g/mol. The molecule has 2 nitrogen and oxygen atoms in total. The van der Waals surface area contributed by atoms with Crippen molar-refractivity contribution in [1.82, 2.24) is 5.32 Å². The first kappa shape index (κ1) is 10.5. The van der Waals surface area contributed by atoms with E-state index in [0.717, 1.165) is 17.9 Å². The molecule has 0 atom stereocenters. The fraction of sp³-hybridized carbons (Fsp3) is 0.143. The fourth-order valence-electron chi connectivity index (χ4n) is 1.33. The first-order valence-electron chi connectivity index (χ1n) is 5.22. The van der Waals surface area contributed by atoms with Crippen molar-refractivity contribution in [3.8, 4) is 11.8 Å². The fourth-order valence-corrected chi connectivity index (χ4v) is 1.33. The summed E-state index contributed by atoms with van der Waals surface area (Å²) < 4.78 is 5.19. The predicted molar refractivity (Wildman–Crippen MR) is 63.7 cm³/mol. The normalized spacial score (nSPS) is 9.50. The van der Waals surface area contributed by atoms with Crippen LogP contribution in [-0.4, -0.2) is 6.54 Å². The zero-order valence-electron chi connectivity index (χ0n) is 8.94. The quantitative estimate of drug-likeness (QED) is 0.623. The molecule has 0 saturated carbocycles. The van der Waals surface area contributed by atoms with Gasteiger partial charge in [-0.15, -0.1) is 0 Å². The maximum Gasteiger partial charge on any atom is 0.117 e. The van der Waals surface area contributed by atoms with Crippen molar-refractivity contribution >= 4 is 0 Å². The summed E-state index contributed by atoms with van der Waals surface area (Å²) in [6.07, 6.45) is 1.67. The van der Waals surface area contributed by atoms with Gasteiger partial charge >= 0.3 is 0 Å². The van der Waals surface area contributed by atoms with Gasteiger partial charge in [-0.3, -0.25) is 5.32 Å². The lowest BCUT2D eigenvalue weighted by Gasteiger charge is -1.95. The molecule has 0 radical (unpaired) electrons. The highest BCUT2D eigenvalue weighted by Crippen LogP contribution is 1.98. The summed E-state index contributed by atoms with van der Waals surface area (Å²) >= 11 is 0. The molecule has 0 saturated heterocycles. The summed E-state index contributed by atoms with van der Waals surface area (Å²) in [4.78, 5) is 0. The topological polar surface area (TPSA) is 25.2 Å². The molecular weight excluding hydrogens is 198 g/mol. The molecule has 0 spiro atoms. The summed E-state index contributed by atoms with van der Waals surface area (Å²) in [5.74, 6) is 7.07. The van der Waals surface area contributed by atoms with E-state index < -0.39 is 0 Å². The van der Waals surface area contributed by atoms with Gasteiger partial charge in [-0.25, -0.2) is 0 Å². The third-order valence-electron chi connectivity index (χ3n) is 2.10. The molecule has 0 amide bonds. The van der Waals surface area contributed by atoms with Gasteiger partial charge in [0.1, 0.15) is 5.76 Å². The number of benzene rings is 1. The maximum atomic E-state index is 5.19. The molecule has 1 heterocycles. The molecule has 16 heavy (non-hydrogen) atoms. The van der Waals surface area contributed by atoms with Gasteiger partial charge < -0.3 is 4.42 Å². The van der Waals surface area contributed by atoms with Crippen LogP contribution in [0, 0.1) is 11.8 Å². The van der Waals surface area contributed by atoms with E-state index in [1.807, 2.05) is 42.5 Å². The Morgan fingerprint density at radius 3 is 2.69 bits per heavy atom. The predicted octanol–water partition coefficient (Wildman–Crippen LogP) is 2.42. The second kappa shape index (κ2) is 5.79. The Morgan fingerprint density at radius 1 is 1.06 bits per heavy atom. The Bertz CT molecular complexity index is 462. The second-order valence-electron chi connectivity index (χ2n) is 3.35. The minimum atomic E-state index is 0.662. The Balaban J connectivity index is 1.74. The Kier molecular flexibility index (Phi) is 3.81. The van der Waals surface area contributed by atoms with Crippen LogP contribution in [0.5, 0.6) is 0 Å². The van der Waals surface area contributed by atoms with E-state index >= 15 is 0 Å². The Hall–Kier alpha value is -1.98. The van der Waals surface area contributed by atoms with Gasteiger partial charge in [-0.1, -0.05) is 30.0 Å². The number of nitrogens with one attached hydrogen (secondary N) is 1. The van der Waals surface area contributed by atoms with Crippen molar-refractivity contribution in [3.63, 3.8) is 0 Å². The standard InChI is InChI=1S/C14H13NO/c1-2-6-13(7-3-1)8-4-10-15-12-14-9-5-11-16-14/h1-3,5-7,9,11,15H,10,12H2. The lowest BCUT2D eigenvalue weighted by molar-refractivity contribution is 0.491. The summed E-state index contributed by atoms with van der Waals surface area (Å²) in [5, 5.41) is 3.19. The van der Waals surface area contributed by atoms with E-state index in [4.69, 9.17) is 4.42 Å². The highest BCUT2D eigenvalue weighted by molar-refractivity contribution is 5.33. The van der Waals surface area contributed by atoms with Crippen LogP contribution >= 0.6 is 0 Å². The van der Waals surface area contributed by atoms with E-state index in [2.05, 4.69) is 17.2 Å². The largest absolute Gasteiger partial charge is 0.468 e. The van der Waals surface area contributed by atoms with E-state index in [9.17, 15) is 0 Å². The third kappa shape index (κ3) is 3.30. The zero-order chi connectivity index (χ0) is 11.1. The average molecular weight is 211 g/mol. The van der Waals surface area contributed by atoms with E-state index in [1.165, 1.54) is 0 Å². The van der Waals surface area contributed by atoms with Crippen LogP contribution in [0.3, 0.4) is 0 Å². The van der Waals surface area contributed by atoms with Crippen LogP contribution in [0.15, 0.2) is 53.1 Å². The summed E-state index contributed by atoms with van der Waals surface area (Å²) in [7, 11) is 0. The van der Waals surface area contributed by atoms with Gasteiger partial charge in [0.2, 0.25) is 0 Å². The SMILES string of the molecule is C(#Cc1ccccc1)CNCc1ccco1. The molecule has 2 rings (SSSR count). The third-order valence-corrected chi connectivity index (χ3v) is 2.10. The van der Waals surface area contributed by atoms with E-state index in [0.29, 0.717) is 6.54 Å². The zero-order valence-corrected chi connectivity index (χ0v) is 8.94. The Morgan fingerprint density at radius 2 is 1.94 bits per heavy atom. The van der Waals surface area contributed by atoms with Gasteiger partial charge in [-0.2, -0.15) is 0 Å². The minimum absolute atomic E-state index is 0.662. The van der Waals surface area contributed by atoms with Crippen molar-refractivity contribution in [2.75, 3.05) is 6.54 Å². The molecule has 0 unspecified atom stereocenters. The van der Waals surface area contributed by atoms with Crippen molar-refractivity contribution in [3.05, 3.63) is 60.1 Å². The summed E-state index contributed by atoms with van der Waals surface area (Å²) in [6.45, 7) is 1.38. The van der Waals surface area contributed by atoms with Gasteiger partial charge in [0, 0.05) is 5.56 Å². The number of rotatable bonds is 3. The van der Waals surface area contributed by atoms with E-state index in [1.54, 1.807) is 6.26 Å². The highest BCUT2D eigenvalue weighted by atomic mass is 16.3. The van der Waals surface area contributed by atoms with Crippen LogP contribution in [-0.2, 0) is 6.54 Å². The molecular formula is C14H13NO. The molecule has 1 aromatic carbocycles. The van der Waals surface area contributed by atoms with Crippen molar-refractivity contribution in [1.29, 1.82) is 0 Å². The van der Waals surface area contributed by atoms with Crippen molar-refractivity contribution < 1.29 is 4.42 Å². The molecule has 0 aliphatic rings. The Labute approximate surface area is 95.3 Å². The lowest BCUT2D eigenvalue weighted by Crippen LogP contribution is -2.12. The van der Waals surface area contributed by atoms with Crippen LogP contribution < -0.4 is 5.32 Å². The molecule has 0 fully saturated rings. The number of hydrogen-bond donors (Lipinski definition) is 1. The van der Waals surface area contributed by atoms with Crippen molar-refractivity contribution in [2.24, 2.45) is 0 Å². The van der Waals surface area contributed by atoms with Crippen LogP contribution in [0.4, 0.5) is 0 Å². The van der Waals surface area contributed by atoms with Gasteiger partial charge in [0.05, 0.1) is 19.4 Å². The molecule has 0 aliphatic heterocycles. The minimum Gasteiger partial charge on any atom is -0.468 e.